The topological polar surface area (TPSA) is 78.2 Å². The number of anilines is 1. The molecule has 1 aliphatic heterocycles. The van der Waals surface area contributed by atoms with Crippen LogP contribution in [0, 0.1) is 11.3 Å². The lowest BCUT2D eigenvalue weighted by atomic mass is 10.1. The number of morpholine rings is 1. The fourth-order valence-corrected chi connectivity index (χ4v) is 3.43. The van der Waals surface area contributed by atoms with Crippen LogP contribution in [0.25, 0.3) is 17.0 Å². The third kappa shape index (κ3) is 4.48. The van der Waals surface area contributed by atoms with Crippen LogP contribution in [0.5, 0.6) is 0 Å². The number of amides is 1. The Morgan fingerprint density at radius 3 is 2.63 bits per heavy atom. The molecular weight excluding hydrogens is 376 g/mol. The second kappa shape index (κ2) is 9.21. The van der Waals surface area contributed by atoms with Crippen molar-refractivity contribution in [2.75, 3.05) is 31.2 Å². The minimum atomic E-state index is -0.401. The highest BCUT2D eigenvalue weighted by Gasteiger charge is 2.18. The summed E-state index contributed by atoms with van der Waals surface area (Å²) in [5.74, 6) is 0.364. The number of nitrogens with zero attached hydrogens (tertiary/aromatic N) is 3. The number of fused-ring (bicyclic) bond motifs is 1. The van der Waals surface area contributed by atoms with Gasteiger partial charge in [0.2, 0.25) is 0 Å². The van der Waals surface area contributed by atoms with E-state index in [4.69, 9.17) is 9.72 Å². The van der Waals surface area contributed by atoms with Gasteiger partial charge in [-0.3, -0.25) is 4.79 Å². The van der Waals surface area contributed by atoms with Crippen LogP contribution in [-0.4, -0.2) is 37.2 Å². The molecule has 3 aromatic rings. The third-order valence-corrected chi connectivity index (χ3v) is 5.00. The number of pyridine rings is 1. The number of para-hydroxylation sites is 1. The molecule has 0 aliphatic carbocycles. The molecular formula is C24H22N4O2. The molecule has 4 rings (SSSR count). The quantitative estimate of drug-likeness (QED) is 0.527. The molecule has 1 aromatic heterocycles. The minimum absolute atomic E-state index is 0.0533. The molecule has 0 atom stereocenters. The molecule has 0 spiro atoms. The molecule has 0 bridgehead atoms. The molecule has 2 aromatic carbocycles. The number of hydrogen-bond acceptors (Lipinski definition) is 5. The van der Waals surface area contributed by atoms with Crippen molar-refractivity contribution >= 4 is 28.7 Å². The summed E-state index contributed by atoms with van der Waals surface area (Å²) in [6, 6.07) is 21.5. The molecule has 150 valence electrons. The van der Waals surface area contributed by atoms with Crippen molar-refractivity contribution < 1.29 is 9.53 Å². The van der Waals surface area contributed by atoms with E-state index < -0.39 is 5.91 Å². The molecule has 1 amide bonds. The maximum absolute atomic E-state index is 12.6. The van der Waals surface area contributed by atoms with Crippen LogP contribution in [0.2, 0.25) is 0 Å². The average Bonchev–Trinajstić information content (AvgIpc) is 2.81. The van der Waals surface area contributed by atoms with E-state index in [1.165, 1.54) is 0 Å². The van der Waals surface area contributed by atoms with Crippen molar-refractivity contribution in [1.82, 2.24) is 10.3 Å². The zero-order valence-electron chi connectivity index (χ0n) is 16.5. The monoisotopic (exact) mass is 398 g/mol. The zero-order valence-corrected chi connectivity index (χ0v) is 16.5. The number of nitriles is 1. The summed E-state index contributed by atoms with van der Waals surface area (Å²) in [6.07, 6.45) is 1.63. The van der Waals surface area contributed by atoms with E-state index in [-0.39, 0.29) is 5.57 Å². The van der Waals surface area contributed by atoms with Crippen molar-refractivity contribution in [3.8, 4) is 6.07 Å². The molecule has 6 nitrogen and oxygen atoms in total. The summed E-state index contributed by atoms with van der Waals surface area (Å²) in [7, 11) is 0. The Balaban J connectivity index is 1.66. The van der Waals surface area contributed by atoms with Crippen molar-refractivity contribution in [3.63, 3.8) is 0 Å². The lowest BCUT2D eigenvalue weighted by molar-refractivity contribution is -0.117. The van der Waals surface area contributed by atoms with Gasteiger partial charge in [-0.25, -0.2) is 4.98 Å². The molecule has 2 heterocycles. The first-order valence-corrected chi connectivity index (χ1v) is 9.91. The van der Waals surface area contributed by atoms with Crippen molar-refractivity contribution in [2.45, 2.75) is 6.54 Å². The van der Waals surface area contributed by atoms with Crippen LogP contribution >= 0.6 is 0 Å². The largest absolute Gasteiger partial charge is 0.378 e. The van der Waals surface area contributed by atoms with Gasteiger partial charge in [-0.15, -0.1) is 0 Å². The fraction of sp³-hybridized carbons (Fsp3) is 0.208. The first-order chi connectivity index (χ1) is 14.7. The van der Waals surface area contributed by atoms with E-state index in [0.29, 0.717) is 32.8 Å². The molecule has 0 saturated carbocycles. The maximum Gasteiger partial charge on any atom is 0.262 e. The first kappa shape index (κ1) is 19.6. The van der Waals surface area contributed by atoms with Gasteiger partial charge >= 0.3 is 0 Å². The first-order valence-electron chi connectivity index (χ1n) is 9.91. The molecule has 1 saturated heterocycles. The van der Waals surface area contributed by atoms with Crippen molar-refractivity contribution in [3.05, 3.63) is 77.4 Å². The number of rotatable bonds is 5. The predicted molar refractivity (Wildman–Crippen MR) is 117 cm³/mol. The highest BCUT2D eigenvalue weighted by atomic mass is 16.5. The SMILES string of the molecule is N#C/C(=C\c1cc2ccccc2nc1N1CCOCC1)C(=O)NCc1ccccc1. The second-order valence-corrected chi connectivity index (χ2v) is 7.03. The van der Waals surface area contributed by atoms with Gasteiger partial charge in [-0.2, -0.15) is 5.26 Å². The Kier molecular flexibility index (Phi) is 6.02. The number of aromatic nitrogens is 1. The van der Waals surface area contributed by atoms with Gasteiger partial charge in [0.1, 0.15) is 17.5 Å². The zero-order chi connectivity index (χ0) is 20.8. The Labute approximate surface area is 175 Å². The van der Waals surface area contributed by atoms with Gasteiger partial charge in [-0.05, 0) is 23.8 Å². The van der Waals surface area contributed by atoms with Crippen LogP contribution in [0.15, 0.2) is 66.2 Å². The van der Waals surface area contributed by atoms with Crippen LogP contribution in [-0.2, 0) is 16.1 Å². The minimum Gasteiger partial charge on any atom is -0.378 e. The van der Waals surface area contributed by atoms with Gasteiger partial charge in [0.25, 0.3) is 5.91 Å². The summed E-state index contributed by atoms with van der Waals surface area (Å²) in [6.45, 7) is 3.05. The van der Waals surface area contributed by atoms with Gasteiger partial charge in [0.05, 0.1) is 18.7 Å². The molecule has 0 radical (unpaired) electrons. The lowest BCUT2D eigenvalue weighted by Gasteiger charge is -2.29. The Morgan fingerprint density at radius 2 is 1.87 bits per heavy atom. The summed E-state index contributed by atoms with van der Waals surface area (Å²) in [5, 5.41) is 13.4. The fourth-order valence-electron chi connectivity index (χ4n) is 3.43. The molecule has 1 N–H and O–H groups in total. The van der Waals surface area contributed by atoms with E-state index >= 15 is 0 Å². The van der Waals surface area contributed by atoms with Gasteiger partial charge in [0, 0.05) is 30.6 Å². The van der Waals surface area contributed by atoms with E-state index in [2.05, 4.69) is 10.2 Å². The average molecular weight is 398 g/mol. The maximum atomic E-state index is 12.6. The normalized spacial score (nSPS) is 14.4. The number of carbonyl (C=O) groups excluding carboxylic acids is 1. The molecule has 30 heavy (non-hydrogen) atoms. The molecule has 1 aliphatic rings. The summed E-state index contributed by atoms with van der Waals surface area (Å²) < 4.78 is 5.46. The lowest BCUT2D eigenvalue weighted by Crippen LogP contribution is -2.37. The smallest absolute Gasteiger partial charge is 0.262 e. The number of nitrogens with one attached hydrogen (secondary N) is 1. The highest BCUT2D eigenvalue weighted by Crippen LogP contribution is 2.26. The number of carbonyl (C=O) groups is 1. The van der Waals surface area contributed by atoms with E-state index in [9.17, 15) is 10.1 Å². The highest BCUT2D eigenvalue weighted by molar-refractivity contribution is 6.02. The van der Waals surface area contributed by atoms with Gasteiger partial charge < -0.3 is 15.0 Å². The van der Waals surface area contributed by atoms with Crippen molar-refractivity contribution in [1.29, 1.82) is 5.26 Å². The Hall–Kier alpha value is -3.69. The van der Waals surface area contributed by atoms with Crippen LogP contribution in [0.4, 0.5) is 5.82 Å². The van der Waals surface area contributed by atoms with Crippen LogP contribution < -0.4 is 10.2 Å². The molecule has 0 unspecified atom stereocenters. The Bertz CT molecular complexity index is 1110. The molecule has 1 fully saturated rings. The Morgan fingerprint density at radius 1 is 1.13 bits per heavy atom. The van der Waals surface area contributed by atoms with E-state index in [1.807, 2.05) is 66.7 Å². The van der Waals surface area contributed by atoms with Gasteiger partial charge in [0.15, 0.2) is 0 Å². The number of hydrogen-bond donors (Lipinski definition) is 1. The summed E-state index contributed by atoms with van der Waals surface area (Å²) in [4.78, 5) is 19.6. The van der Waals surface area contributed by atoms with Crippen LogP contribution in [0.3, 0.4) is 0 Å². The van der Waals surface area contributed by atoms with E-state index in [0.717, 1.165) is 27.8 Å². The number of benzene rings is 2. The van der Waals surface area contributed by atoms with Crippen LogP contribution in [0.1, 0.15) is 11.1 Å². The summed E-state index contributed by atoms with van der Waals surface area (Å²) >= 11 is 0. The van der Waals surface area contributed by atoms with Crippen molar-refractivity contribution in [2.24, 2.45) is 0 Å². The summed E-state index contributed by atoms with van der Waals surface area (Å²) in [5.41, 5.74) is 2.66. The van der Waals surface area contributed by atoms with E-state index in [1.54, 1.807) is 6.08 Å². The molecule has 6 heteroatoms. The van der Waals surface area contributed by atoms with Gasteiger partial charge in [-0.1, -0.05) is 48.5 Å². The number of ether oxygens (including phenoxy) is 1. The second-order valence-electron chi connectivity index (χ2n) is 7.03. The predicted octanol–water partition coefficient (Wildman–Crippen LogP) is 3.29. The standard InChI is InChI=1S/C24H22N4O2/c25-16-21(24(29)26-17-18-6-2-1-3-7-18)15-20-14-19-8-4-5-9-22(19)27-23(20)28-10-12-30-13-11-28/h1-9,14-15H,10-13,17H2,(H,26,29)/b21-15+. The third-order valence-electron chi connectivity index (χ3n) is 5.00.